The second kappa shape index (κ2) is 7.17. The molecule has 0 spiro atoms. The number of ether oxygens (including phenoxy) is 3. The van der Waals surface area contributed by atoms with Crippen molar-refractivity contribution < 1.29 is 23.8 Å². The molecule has 0 saturated heterocycles. The summed E-state index contributed by atoms with van der Waals surface area (Å²) in [6.07, 6.45) is -0.458. The summed E-state index contributed by atoms with van der Waals surface area (Å²) in [5.74, 6) is 0.122. The highest BCUT2D eigenvalue weighted by atomic mass is 16.6. The van der Waals surface area contributed by atoms with E-state index in [2.05, 4.69) is 15.0 Å². The summed E-state index contributed by atoms with van der Waals surface area (Å²) >= 11 is 0. The lowest BCUT2D eigenvalue weighted by Crippen LogP contribution is -2.33. The third-order valence-corrected chi connectivity index (χ3v) is 2.06. The van der Waals surface area contributed by atoms with Gasteiger partial charge < -0.3 is 25.3 Å². The van der Waals surface area contributed by atoms with Crippen LogP contribution in [0, 0.1) is 0 Å². The van der Waals surface area contributed by atoms with Gasteiger partial charge >= 0.3 is 12.2 Å². The van der Waals surface area contributed by atoms with Gasteiger partial charge in [0.05, 0.1) is 6.10 Å². The maximum atomic E-state index is 11.4. The molecule has 1 atom stereocenters. The average molecular weight is 269 g/mol. The molecule has 0 aromatic carbocycles. The third kappa shape index (κ3) is 5.68. The normalized spacial score (nSPS) is 11.5. The largest absolute Gasteiger partial charge is 0.412 e. The molecule has 8 nitrogen and oxygen atoms in total. The van der Waals surface area contributed by atoms with E-state index in [1.165, 1.54) is 25.4 Å². The number of nitrogens with one attached hydrogen (secondary N) is 1. The van der Waals surface area contributed by atoms with Crippen LogP contribution in [-0.4, -0.2) is 36.9 Å². The summed E-state index contributed by atoms with van der Waals surface area (Å²) < 4.78 is 14.5. The van der Waals surface area contributed by atoms with Gasteiger partial charge in [0, 0.05) is 25.9 Å². The standard InChI is InChI=1S/C11H15N3O5/c1-7(17-2)6-14-11(16)18-8-3-4-13-9(5-8)19-10(12)15/h3-5,7H,6H2,1-2H3,(H2,12,15)(H,14,16). The van der Waals surface area contributed by atoms with Crippen LogP contribution in [-0.2, 0) is 4.74 Å². The van der Waals surface area contributed by atoms with Crippen LogP contribution >= 0.6 is 0 Å². The van der Waals surface area contributed by atoms with E-state index in [1.807, 2.05) is 0 Å². The van der Waals surface area contributed by atoms with Gasteiger partial charge in [0.2, 0.25) is 5.88 Å². The molecule has 0 saturated carbocycles. The molecule has 1 rings (SSSR count). The van der Waals surface area contributed by atoms with E-state index in [0.717, 1.165) is 0 Å². The Balaban J connectivity index is 2.52. The second-order valence-corrected chi connectivity index (χ2v) is 3.57. The number of aromatic nitrogens is 1. The van der Waals surface area contributed by atoms with Gasteiger partial charge in [0.1, 0.15) is 5.75 Å². The highest BCUT2D eigenvalue weighted by Gasteiger charge is 2.08. The molecule has 0 fully saturated rings. The number of primary amides is 1. The van der Waals surface area contributed by atoms with Crippen molar-refractivity contribution in [3.8, 4) is 11.6 Å². The number of nitrogens with zero attached hydrogens (tertiary/aromatic N) is 1. The zero-order chi connectivity index (χ0) is 14.3. The lowest BCUT2D eigenvalue weighted by molar-refractivity contribution is 0.115. The van der Waals surface area contributed by atoms with Gasteiger partial charge in [0.25, 0.3) is 0 Å². The summed E-state index contributed by atoms with van der Waals surface area (Å²) in [5, 5.41) is 2.50. The van der Waals surface area contributed by atoms with Crippen molar-refractivity contribution in [2.45, 2.75) is 13.0 Å². The van der Waals surface area contributed by atoms with E-state index in [4.69, 9.17) is 15.2 Å². The zero-order valence-corrected chi connectivity index (χ0v) is 10.6. The molecule has 1 aromatic rings. The molecule has 1 unspecified atom stereocenters. The van der Waals surface area contributed by atoms with Gasteiger partial charge in [-0.05, 0) is 13.0 Å². The van der Waals surface area contributed by atoms with Crippen LogP contribution in [0.1, 0.15) is 6.92 Å². The monoisotopic (exact) mass is 269 g/mol. The summed E-state index contributed by atoms with van der Waals surface area (Å²) in [4.78, 5) is 25.7. The minimum absolute atomic E-state index is 0.0527. The number of carbonyl (C=O) groups is 2. The fraction of sp³-hybridized carbons (Fsp3) is 0.364. The number of nitrogens with two attached hydrogens (primary N) is 1. The fourth-order valence-corrected chi connectivity index (χ4v) is 1.07. The van der Waals surface area contributed by atoms with Gasteiger partial charge in [-0.15, -0.1) is 0 Å². The Labute approximate surface area is 109 Å². The van der Waals surface area contributed by atoms with Gasteiger partial charge in [-0.3, -0.25) is 0 Å². The quantitative estimate of drug-likeness (QED) is 0.812. The Morgan fingerprint density at radius 1 is 1.47 bits per heavy atom. The Morgan fingerprint density at radius 2 is 2.21 bits per heavy atom. The van der Waals surface area contributed by atoms with Gasteiger partial charge in [-0.1, -0.05) is 0 Å². The van der Waals surface area contributed by atoms with Crippen LogP contribution in [0.25, 0.3) is 0 Å². The Kier molecular flexibility index (Phi) is 5.55. The Morgan fingerprint density at radius 3 is 2.84 bits per heavy atom. The van der Waals surface area contributed by atoms with Crippen molar-refractivity contribution >= 4 is 12.2 Å². The maximum absolute atomic E-state index is 11.4. The molecule has 1 aromatic heterocycles. The minimum Gasteiger partial charge on any atom is -0.410 e. The first-order valence-corrected chi connectivity index (χ1v) is 5.43. The number of rotatable bonds is 5. The second-order valence-electron chi connectivity index (χ2n) is 3.57. The Bertz CT molecular complexity index is 452. The third-order valence-electron chi connectivity index (χ3n) is 2.06. The molecule has 2 amide bonds. The lowest BCUT2D eigenvalue weighted by Gasteiger charge is -2.11. The maximum Gasteiger partial charge on any atom is 0.412 e. The molecule has 3 N–H and O–H groups in total. The molecular formula is C11H15N3O5. The predicted molar refractivity (Wildman–Crippen MR) is 64.9 cm³/mol. The summed E-state index contributed by atoms with van der Waals surface area (Å²) in [7, 11) is 1.54. The molecule has 0 aliphatic carbocycles. The minimum atomic E-state index is -0.997. The molecule has 104 valence electrons. The van der Waals surface area contributed by atoms with Crippen LogP contribution in [0.3, 0.4) is 0 Å². The van der Waals surface area contributed by atoms with Crippen molar-refractivity contribution in [1.82, 2.24) is 10.3 Å². The summed E-state index contributed by atoms with van der Waals surface area (Å²) in [6.45, 7) is 2.11. The molecule has 8 heteroatoms. The number of methoxy groups -OCH3 is 1. The predicted octanol–water partition coefficient (Wildman–Crippen LogP) is 0.662. The molecule has 0 aliphatic rings. The van der Waals surface area contributed by atoms with E-state index in [1.54, 1.807) is 6.92 Å². The molecular weight excluding hydrogens is 254 g/mol. The zero-order valence-electron chi connectivity index (χ0n) is 10.6. The van der Waals surface area contributed by atoms with Gasteiger partial charge in [0.15, 0.2) is 0 Å². The molecule has 1 heterocycles. The number of hydrogen-bond acceptors (Lipinski definition) is 6. The van der Waals surface area contributed by atoms with Crippen LogP contribution in [0.15, 0.2) is 18.3 Å². The van der Waals surface area contributed by atoms with Crippen molar-refractivity contribution in [2.75, 3.05) is 13.7 Å². The summed E-state index contributed by atoms with van der Waals surface area (Å²) in [6, 6.07) is 2.71. The van der Waals surface area contributed by atoms with Crippen molar-refractivity contribution in [3.05, 3.63) is 18.3 Å². The van der Waals surface area contributed by atoms with Gasteiger partial charge in [-0.2, -0.15) is 0 Å². The number of pyridine rings is 1. The van der Waals surface area contributed by atoms with E-state index < -0.39 is 12.2 Å². The molecule has 19 heavy (non-hydrogen) atoms. The lowest BCUT2D eigenvalue weighted by atomic mass is 10.4. The van der Waals surface area contributed by atoms with E-state index in [-0.39, 0.29) is 17.7 Å². The number of amides is 2. The van der Waals surface area contributed by atoms with Crippen LogP contribution < -0.4 is 20.5 Å². The van der Waals surface area contributed by atoms with Crippen molar-refractivity contribution in [1.29, 1.82) is 0 Å². The van der Waals surface area contributed by atoms with Gasteiger partial charge in [-0.25, -0.2) is 14.6 Å². The summed E-state index contributed by atoms with van der Waals surface area (Å²) in [5.41, 5.74) is 4.84. The van der Waals surface area contributed by atoms with Crippen LogP contribution in [0.2, 0.25) is 0 Å². The molecule has 0 aliphatic heterocycles. The topological polar surface area (TPSA) is 113 Å². The SMILES string of the molecule is COC(C)CNC(=O)Oc1ccnc(OC(N)=O)c1. The van der Waals surface area contributed by atoms with E-state index >= 15 is 0 Å². The number of carbonyl (C=O) groups excluding carboxylic acids is 2. The van der Waals surface area contributed by atoms with E-state index in [0.29, 0.717) is 6.54 Å². The smallest absolute Gasteiger partial charge is 0.410 e. The molecule has 0 radical (unpaired) electrons. The first kappa shape index (κ1) is 14.7. The first-order chi connectivity index (χ1) is 9.01. The highest BCUT2D eigenvalue weighted by Crippen LogP contribution is 2.16. The number of hydrogen-bond donors (Lipinski definition) is 2. The average Bonchev–Trinajstić information content (AvgIpc) is 2.35. The van der Waals surface area contributed by atoms with E-state index in [9.17, 15) is 9.59 Å². The van der Waals surface area contributed by atoms with Crippen LogP contribution in [0.5, 0.6) is 11.6 Å². The first-order valence-electron chi connectivity index (χ1n) is 5.43. The molecule has 0 bridgehead atoms. The van der Waals surface area contributed by atoms with Crippen molar-refractivity contribution in [2.24, 2.45) is 5.73 Å². The fourth-order valence-electron chi connectivity index (χ4n) is 1.07. The van der Waals surface area contributed by atoms with Crippen molar-refractivity contribution in [3.63, 3.8) is 0 Å². The highest BCUT2D eigenvalue weighted by molar-refractivity contribution is 5.71. The van der Waals surface area contributed by atoms with Crippen LogP contribution in [0.4, 0.5) is 9.59 Å². The Hall–Kier alpha value is -2.35.